The van der Waals surface area contributed by atoms with E-state index >= 15 is 0 Å². The molecule has 0 atom stereocenters. The van der Waals surface area contributed by atoms with E-state index in [1.807, 2.05) is 11.3 Å². The van der Waals surface area contributed by atoms with Crippen molar-refractivity contribution in [1.29, 1.82) is 0 Å². The number of thiophene rings is 1. The molecule has 0 aliphatic carbocycles. The van der Waals surface area contributed by atoms with E-state index in [0.29, 0.717) is 0 Å². The molecular weight excluding hydrogens is 272 g/mol. The lowest BCUT2D eigenvalue weighted by molar-refractivity contribution is 0.596. The second-order valence-electron chi connectivity index (χ2n) is 6.69. The molecule has 0 bridgehead atoms. The lowest BCUT2D eigenvalue weighted by atomic mass is 9.84. The molecule has 1 heterocycles. The first-order chi connectivity index (χ1) is 10.1. The van der Waals surface area contributed by atoms with Gasteiger partial charge in [0.05, 0.1) is 0 Å². The number of fused-ring (bicyclic) bond motifs is 5. The van der Waals surface area contributed by atoms with E-state index in [0.717, 1.165) is 0 Å². The van der Waals surface area contributed by atoms with E-state index < -0.39 is 0 Å². The molecule has 0 saturated carbocycles. The summed E-state index contributed by atoms with van der Waals surface area (Å²) in [5, 5.41) is 5.54. The predicted octanol–water partition coefficient (Wildman–Crippen LogP) is 6.51. The monoisotopic (exact) mass is 290 g/mol. The smallest absolute Gasteiger partial charge is 0.0433 e. The predicted molar refractivity (Wildman–Crippen MR) is 95.5 cm³/mol. The van der Waals surface area contributed by atoms with Gasteiger partial charge in [0.25, 0.3) is 0 Å². The molecular formula is C20H18S. The Morgan fingerprint density at radius 3 is 2.38 bits per heavy atom. The Balaban J connectivity index is 2.25. The first kappa shape index (κ1) is 12.8. The van der Waals surface area contributed by atoms with Gasteiger partial charge in [0.1, 0.15) is 0 Å². The Morgan fingerprint density at radius 2 is 1.57 bits per heavy atom. The highest BCUT2D eigenvalue weighted by Gasteiger charge is 2.19. The maximum atomic E-state index is 2.30. The molecule has 0 nitrogen and oxygen atoms in total. The van der Waals surface area contributed by atoms with Gasteiger partial charge in [0.15, 0.2) is 0 Å². The highest BCUT2D eigenvalue weighted by Crippen LogP contribution is 2.42. The van der Waals surface area contributed by atoms with E-state index in [1.54, 1.807) is 0 Å². The van der Waals surface area contributed by atoms with Crippen molar-refractivity contribution in [3.05, 3.63) is 60.2 Å². The fourth-order valence-corrected chi connectivity index (χ4v) is 4.44. The third kappa shape index (κ3) is 1.88. The minimum Gasteiger partial charge on any atom is -0.135 e. The number of hydrogen-bond donors (Lipinski definition) is 0. The quantitative estimate of drug-likeness (QED) is 0.346. The minimum absolute atomic E-state index is 0.166. The molecule has 4 rings (SSSR count). The molecule has 0 aliphatic heterocycles. The molecule has 0 spiro atoms. The van der Waals surface area contributed by atoms with Crippen LogP contribution in [0.4, 0.5) is 0 Å². The summed E-state index contributed by atoms with van der Waals surface area (Å²) < 4.78 is 2.81. The Bertz CT molecular complexity index is 968. The second kappa shape index (κ2) is 4.32. The molecule has 21 heavy (non-hydrogen) atoms. The van der Waals surface area contributed by atoms with Gasteiger partial charge in [-0.1, -0.05) is 69.3 Å². The van der Waals surface area contributed by atoms with Gasteiger partial charge < -0.3 is 0 Å². The van der Waals surface area contributed by atoms with Gasteiger partial charge in [0.2, 0.25) is 0 Å². The van der Waals surface area contributed by atoms with Crippen LogP contribution in [-0.4, -0.2) is 0 Å². The summed E-state index contributed by atoms with van der Waals surface area (Å²) in [6.07, 6.45) is 0. The van der Waals surface area contributed by atoms with Crippen LogP contribution in [0.5, 0.6) is 0 Å². The lowest BCUT2D eigenvalue weighted by Gasteiger charge is -2.20. The summed E-state index contributed by atoms with van der Waals surface area (Å²) in [5.74, 6) is 0. The zero-order valence-electron chi connectivity index (χ0n) is 12.6. The van der Waals surface area contributed by atoms with Crippen molar-refractivity contribution in [3.8, 4) is 0 Å². The number of rotatable bonds is 0. The first-order valence-electron chi connectivity index (χ1n) is 7.39. The third-order valence-electron chi connectivity index (χ3n) is 4.20. The lowest BCUT2D eigenvalue weighted by Crippen LogP contribution is -2.11. The SMILES string of the molecule is CC(C)(C)c1cccc2sc3c4ccccc4ccc3c12. The van der Waals surface area contributed by atoms with E-state index in [2.05, 4.69) is 75.4 Å². The summed E-state index contributed by atoms with van der Waals surface area (Å²) in [6, 6.07) is 20.0. The minimum atomic E-state index is 0.166. The van der Waals surface area contributed by atoms with Crippen LogP contribution in [0.3, 0.4) is 0 Å². The largest absolute Gasteiger partial charge is 0.135 e. The molecule has 1 heteroatoms. The Morgan fingerprint density at radius 1 is 0.762 bits per heavy atom. The van der Waals surface area contributed by atoms with E-state index in [-0.39, 0.29) is 5.41 Å². The molecule has 104 valence electrons. The van der Waals surface area contributed by atoms with Crippen molar-refractivity contribution in [2.75, 3.05) is 0 Å². The van der Waals surface area contributed by atoms with Crippen molar-refractivity contribution < 1.29 is 0 Å². The zero-order chi connectivity index (χ0) is 14.6. The van der Waals surface area contributed by atoms with Crippen molar-refractivity contribution in [2.45, 2.75) is 26.2 Å². The molecule has 0 radical (unpaired) electrons. The standard InChI is InChI=1S/C20H18S/c1-20(2,3)16-9-6-10-17-18(16)15-12-11-13-7-4-5-8-14(13)19(15)21-17/h4-12H,1-3H3. The summed E-state index contributed by atoms with van der Waals surface area (Å²) in [6.45, 7) is 6.89. The van der Waals surface area contributed by atoms with Crippen LogP contribution < -0.4 is 0 Å². The molecule has 0 N–H and O–H groups in total. The highest BCUT2D eigenvalue weighted by molar-refractivity contribution is 7.26. The Labute approximate surface area is 129 Å². The van der Waals surface area contributed by atoms with Crippen molar-refractivity contribution in [2.24, 2.45) is 0 Å². The molecule has 3 aromatic carbocycles. The fraction of sp³-hybridized carbons (Fsp3) is 0.200. The van der Waals surface area contributed by atoms with E-state index in [4.69, 9.17) is 0 Å². The van der Waals surface area contributed by atoms with Crippen LogP contribution in [0.2, 0.25) is 0 Å². The van der Waals surface area contributed by atoms with Crippen LogP contribution in [0.15, 0.2) is 54.6 Å². The van der Waals surface area contributed by atoms with Gasteiger partial charge in [-0.05, 0) is 27.8 Å². The molecule has 4 aromatic rings. The highest BCUT2D eigenvalue weighted by atomic mass is 32.1. The molecule has 0 saturated heterocycles. The molecule has 0 amide bonds. The van der Waals surface area contributed by atoms with Crippen LogP contribution in [0.1, 0.15) is 26.3 Å². The Kier molecular flexibility index (Phi) is 2.64. The third-order valence-corrected chi connectivity index (χ3v) is 5.40. The molecule has 0 unspecified atom stereocenters. The van der Waals surface area contributed by atoms with E-state index in [1.165, 1.54) is 36.5 Å². The van der Waals surface area contributed by atoms with Gasteiger partial charge in [-0.3, -0.25) is 0 Å². The van der Waals surface area contributed by atoms with Crippen LogP contribution >= 0.6 is 11.3 Å². The summed E-state index contributed by atoms with van der Waals surface area (Å²) >= 11 is 1.92. The molecule has 0 fully saturated rings. The summed E-state index contributed by atoms with van der Waals surface area (Å²) in [7, 11) is 0. The average molecular weight is 290 g/mol. The van der Waals surface area contributed by atoms with Gasteiger partial charge in [-0.25, -0.2) is 0 Å². The zero-order valence-corrected chi connectivity index (χ0v) is 13.4. The van der Waals surface area contributed by atoms with Crippen molar-refractivity contribution in [1.82, 2.24) is 0 Å². The van der Waals surface area contributed by atoms with Crippen molar-refractivity contribution >= 4 is 42.3 Å². The topological polar surface area (TPSA) is 0 Å². The second-order valence-corrected chi connectivity index (χ2v) is 7.75. The van der Waals surface area contributed by atoms with E-state index in [9.17, 15) is 0 Å². The summed E-state index contributed by atoms with van der Waals surface area (Å²) in [4.78, 5) is 0. The number of benzene rings is 3. The normalized spacial score (nSPS) is 12.5. The molecule has 0 aliphatic rings. The maximum absolute atomic E-state index is 2.30. The number of hydrogen-bond acceptors (Lipinski definition) is 1. The van der Waals surface area contributed by atoms with Crippen LogP contribution in [0, 0.1) is 0 Å². The fourth-order valence-electron chi connectivity index (χ4n) is 3.18. The molecule has 1 aromatic heterocycles. The summed E-state index contributed by atoms with van der Waals surface area (Å²) in [5.41, 5.74) is 1.61. The first-order valence-corrected chi connectivity index (χ1v) is 8.21. The Hall–Kier alpha value is -1.86. The maximum Gasteiger partial charge on any atom is 0.0433 e. The van der Waals surface area contributed by atoms with Crippen LogP contribution in [0.25, 0.3) is 30.9 Å². The van der Waals surface area contributed by atoms with Gasteiger partial charge in [-0.15, -0.1) is 11.3 Å². The van der Waals surface area contributed by atoms with Crippen LogP contribution in [-0.2, 0) is 5.41 Å². The van der Waals surface area contributed by atoms with Gasteiger partial charge in [-0.2, -0.15) is 0 Å². The van der Waals surface area contributed by atoms with Crippen molar-refractivity contribution in [3.63, 3.8) is 0 Å². The average Bonchev–Trinajstić information content (AvgIpc) is 2.85. The van der Waals surface area contributed by atoms with Gasteiger partial charge >= 0.3 is 0 Å². The van der Waals surface area contributed by atoms with Gasteiger partial charge in [0, 0.05) is 20.2 Å².